The molecule has 0 amide bonds. The molecule has 2 N–H and O–H groups in total. The maximum Gasteiger partial charge on any atom is 0.339 e. The van der Waals surface area contributed by atoms with Crippen molar-refractivity contribution in [1.29, 1.82) is 0 Å². The summed E-state index contributed by atoms with van der Waals surface area (Å²) in [4.78, 5) is 21.5. The van der Waals surface area contributed by atoms with Crippen LogP contribution >= 0.6 is 11.6 Å². The monoisotopic (exact) mass is 321 g/mol. The Labute approximate surface area is 120 Å². The summed E-state index contributed by atoms with van der Waals surface area (Å²) in [7, 11) is -2.95. The zero-order valence-corrected chi connectivity index (χ0v) is 12.0. The van der Waals surface area contributed by atoms with E-state index in [0.29, 0.717) is 0 Å². The molecule has 0 saturated heterocycles. The number of methoxy groups -OCH3 is 1. The number of ether oxygens (including phenoxy) is 1. The van der Waals surface area contributed by atoms with E-state index in [1.807, 2.05) is 0 Å². The predicted molar refractivity (Wildman–Crippen MR) is 70.2 cm³/mol. The summed E-state index contributed by atoms with van der Waals surface area (Å²) in [5, 5.41) is 8.60. The van der Waals surface area contributed by atoms with Crippen LogP contribution in [0.1, 0.15) is 16.8 Å². The average molecular weight is 322 g/mol. The van der Waals surface area contributed by atoms with Crippen molar-refractivity contribution in [3.8, 4) is 0 Å². The van der Waals surface area contributed by atoms with Crippen LogP contribution in [0.5, 0.6) is 0 Å². The van der Waals surface area contributed by atoms with Crippen molar-refractivity contribution in [3.63, 3.8) is 0 Å². The highest BCUT2D eigenvalue weighted by Gasteiger charge is 2.23. The van der Waals surface area contributed by atoms with E-state index >= 15 is 0 Å². The minimum Gasteiger partial charge on any atom is -0.481 e. The lowest BCUT2D eigenvalue weighted by molar-refractivity contribution is -0.136. The minimum atomic E-state index is -4.06. The van der Waals surface area contributed by atoms with E-state index in [-0.39, 0.29) is 28.4 Å². The first kappa shape index (κ1) is 16.4. The smallest absolute Gasteiger partial charge is 0.339 e. The molecule has 0 fully saturated rings. The number of hydrogen-bond donors (Lipinski definition) is 2. The highest BCUT2D eigenvalue weighted by Crippen LogP contribution is 2.21. The van der Waals surface area contributed by atoms with Crippen LogP contribution in [-0.2, 0) is 19.6 Å². The third-order valence-corrected chi connectivity index (χ3v) is 4.01. The third kappa shape index (κ3) is 4.19. The normalized spacial score (nSPS) is 11.1. The van der Waals surface area contributed by atoms with Gasteiger partial charge < -0.3 is 9.84 Å². The number of carbonyl (C=O) groups is 2. The molecule has 0 radical (unpaired) electrons. The molecule has 0 aliphatic rings. The standard InChI is InChI=1S/C11H12ClNO6S/c1-19-11(16)8-3-2-7(12)6-9(8)20(17,18)13-5-4-10(14)15/h2-3,6,13H,4-5H2,1H3,(H,14,15). The Morgan fingerprint density at radius 3 is 2.60 bits per heavy atom. The molecule has 9 heteroatoms. The minimum absolute atomic E-state index is 0.122. The van der Waals surface area contributed by atoms with Crippen molar-refractivity contribution in [2.24, 2.45) is 0 Å². The van der Waals surface area contributed by atoms with Crippen LogP contribution in [0.25, 0.3) is 0 Å². The summed E-state index contributed by atoms with van der Waals surface area (Å²) < 4.78 is 30.6. The van der Waals surface area contributed by atoms with Gasteiger partial charge in [-0.25, -0.2) is 17.9 Å². The molecule has 0 heterocycles. The third-order valence-electron chi connectivity index (χ3n) is 2.27. The molecule has 0 unspecified atom stereocenters. The summed E-state index contributed by atoms with van der Waals surface area (Å²) in [6.45, 7) is -0.301. The summed E-state index contributed by atoms with van der Waals surface area (Å²) >= 11 is 5.72. The Morgan fingerprint density at radius 2 is 2.05 bits per heavy atom. The molecular weight excluding hydrogens is 310 g/mol. The van der Waals surface area contributed by atoms with Crippen molar-refractivity contribution >= 4 is 33.6 Å². The van der Waals surface area contributed by atoms with Gasteiger partial charge in [-0.3, -0.25) is 4.79 Å². The van der Waals surface area contributed by atoms with Crippen LogP contribution in [0.3, 0.4) is 0 Å². The lowest BCUT2D eigenvalue weighted by Gasteiger charge is -2.10. The molecule has 7 nitrogen and oxygen atoms in total. The molecule has 0 atom stereocenters. The van der Waals surface area contributed by atoms with Crippen molar-refractivity contribution < 1.29 is 27.9 Å². The number of carboxylic acid groups (broad SMARTS) is 1. The van der Waals surface area contributed by atoms with Gasteiger partial charge in [0.1, 0.15) is 0 Å². The number of carboxylic acids is 1. The summed E-state index contributed by atoms with van der Waals surface area (Å²) in [6, 6.07) is 3.67. The van der Waals surface area contributed by atoms with E-state index in [4.69, 9.17) is 16.7 Å². The van der Waals surface area contributed by atoms with Crippen LogP contribution in [0.4, 0.5) is 0 Å². The number of halogens is 1. The molecule has 0 aliphatic carbocycles. The van der Waals surface area contributed by atoms with E-state index in [2.05, 4.69) is 9.46 Å². The maximum absolute atomic E-state index is 12.0. The van der Waals surface area contributed by atoms with Crippen LogP contribution in [0.2, 0.25) is 5.02 Å². The predicted octanol–water partition coefficient (Wildman–Crippen LogP) is 0.880. The van der Waals surface area contributed by atoms with Crippen molar-refractivity contribution in [2.45, 2.75) is 11.3 Å². The molecule has 20 heavy (non-hydrogen) atoms. The zero-order chi connectivity index (χ0) is 15.3. The molecule has 0 aromatic heterocycles. The van der Waals surface area contributed by atoms with Crippen LogP contribution < -0.4 is 4.72 Å². The molecule has 1 aromatic carbocycles. The number of aliphatic carboxylic acids is 1. The zero-order valence-electron chi connectivity index (χ0n) is 10.4. The largest absolute Gasteiger partial charge is 0.481 e. The first-order valence-corrected chi connectivity index (χ1v) is 7.23. The fourth-order valence-corrected chi connectivity index (χ4v) is 2.85. The molecule has 1 aromatic rings. The van der Waals surface area contributed by atoms with Gasteiger partial charge in [0, 0.05) is 11.6 Å². The molecule has 110 valence electrons. The molecule has 1 rings (SSSR count). The average Bonchev–Trinajstić information content (AvgIpc) is 2.37. The fraction of sp³-hybridized carbons (Fsp3) is 0.273. The SMILES string of the molecule is COC(=O)c1ccc(Cl)cc1S(=O)(=O)NCCC(=O)O. The first-order valence-electron chi connectivity index (χ1n) is 5.37. The van der Waals surface area contributed by atoms with E-state index in [9.17, 15) is 18.0 Å². The molecule has 0 saturated carbocycles. The number of carbonyl (C=O) groups excluding carboxylic acids is 1. The number of benzene rings is 1. The number of hydrogen-bond acceptors (Lipinski definition) is 5. The quantitative estimate of drug-likeness (QED) is 0.753. The Balaban J connectivity index is 3.12. The van der Waals surface area contributed by atoms with Crippen LogP contribution in [0.15, 0.2) is 23.1 Å². The van der Waals surface area contributed by atoms with Gasteiger partial charge in [-0.05, 0) is 18.2 Å². The fourth-order valence-electron chi connectivity index (χ4n) is 1.37. The van der Waals surface area contributed by atoms with E-state index < -0.39 is 22.0 Å². The number of sulfonamides is 1. The lowest BCUT2D eigenvalue weighted by atomic mass is 10.2. The van der Waals surface area contributed by atoms with Crippen molar-refractivity contribution in [3.05, 3.63) is 28.8 Å². The van der Waals surface area contributed by atoms with Gasteiger partial charge in [-0.2, -0.15) is 0 Å². The van der Waals surface area contributed by atoms with Gasteiger partial charge >= 0.3 is 11.9 Å². The first-order chi connectivity index (χ1) is 9.27. The number of rotatable bonds is 6. The Morgan fingerprint density at radius 1 is 1.40 bits per heavy atom. The van der Waals surface area contributed by atoms with Crippen LogP contribution in [0, 0.1) is 0 Å². The number of esters is 1. The second-order valence-corrected chi connectivity index (χ2v) is 5.85. The molecule has 0 spiro atoms. The molecule has 0 bridgehead atoms. The molecular formula is C11H12ClNO6S. The Bertz CT molecular complexity index is 628. The Hall–Kier alpha value is -1.64. The second kappa shape index (κ2) is 6.69. The van der Waals surface area contributed by atoms with Crippen molar-refractivity contribution in [1.82, 2.24) is 4.72 Å². The van der Waals surface area contributed by atoms with E-state index in [1.54, 1.807) is 0 Å². The van der Waals surface area contributed by atoms with Crippen molar-refractivity contribution in [2.75, 3.05) is 13.7 Å². The van der Waals surface area contributed by atoms with Crippen LogP contribution in [-0.4, -0.2) is 39.1 Å². The summed E-state index contributed by atoms with van der Waals surface area (Å²) in [5.74, 6) is -1.98. The summed E-state index contributed by atoms with van der Waals surface area (Å²) in [5.41, 5.74) is -0.181. The van der Waals surface area contributed by atoms with Gasteiger partial charge in [0.25, 0.3) is 0 Å². The summed E-state index contributed by atoms with van der Waals surface area (Å²) in [6.07, 6.45) is -0.382. The van der Waals surface area contributed by atoms with Gasteiger partial charge in [0.05, 0.1) is 24.0 Å². The topological polar surface area (TPSA) is 110 Å². The number of nitrogens with one attached hydrogen (secondary N) is 1. The highest BCUT2D eigenvalue weighted by atomic mass is 35.5. The van der Waals surface area contributed by atoms with E-state index in [0.717, 1.165) is 13.2 Å². The van der Waals surface area contributed by atoms with Gasteiger partial charge in [-0.1, -0.05) is 11.6 Å². The highest BCUT2D eigenvalue weighted by molar-refractivity contribution is 7.89. The van der Waals surface area contributed by atoms with Gasteiger partial charge in [0.2, 0.25) is 10.0 Å². The maximum atomic E-state index is 12.0. The van der Waals surface area contributed by atoms with Gasteiger partial charge in [0.15, 0.2) is 0 Å². The van der Waals surface area contributed by atoms with E-state index in [1.165, 1.54) is 12.1 Å². The molecule has 0 aliphatic heterocycles. The second-order valence-electron chi connectivity index (χ2n) is 3.67. The van der Waals surface area contributed by atoms with Gasteiger partial charge in [-0.15, -0.1) is 0 Å². The lowest BCUT2D eigenvalue weighted by Crippen LogP contribution is -2.28. The Kier molecular flexibility index (Phi) is 5.49.